The quantitative estimate of drug-likeness (QED) is 0.696. The predicted octanol–water partition coefficient (Wildman–Crippen LogP) is 1.88. The Morgan fingerprint density at radius 3 is 2.29 bits per heavy atom. The van der Waals surface area contributed by atoms with Crippen LogP contribution in [0.5, 0.6) is 0 Å². The number of ether oxygens (including phenoxy) is 1. The average molecular weight is 282 g/mol. The maximum atomic E-state index is 11.8. The lowest BCUT2D eigenvalue weighted by atomic mass is 10.3. The van der Waals surface area contributed by atoms with Crippen molar-refractivity contribution in [2.24, 2.45) is 0 Å². The van der Waals surface area contributed by atoms with Crippen LogP contribution in [0.3, 0.4) is 0 Å². The van der Waals surface area contributed by atoms with E-state index in [-0.39, 0.29) is 17.0 Å². The summed E-state index contributed by atoms with van der Waals surface area (Å²) in [7, 11) is -1.71. The van der Waals surface area contributed by atoms with Crippen LogP contribution in [0.15, 0.2) is 0 Å². The summed E-state index contributed by atoms with van der Waals surface area (Å²) >= 11 is 1.48. The van der Waals surface area contributed by atoms with Gasteiger partial charge in [0.15, 0.2) is 9.84 Å². The van der Waals surface area contributed by atoms with Crippen LogP contribution in [0.1, 0.15) is 34.1 Å². The zero-order valence-corrected chi connectivity index (χ0v) is 12.8. The molecule has 0 spiro atoms. The number of sulfone groups is 1. The number of esters is 1. The van der Waals surface area contributed by atoms with Crippen molar-refractivity contribution in [3.05, 3.63) is 0 Å². The minimum atomic E-state index is -3.06. The fraction of sp³-hybridized carbons (Fsp3) is 0.909. The van der Waals surface area contributed by atoms with Crippen LogP contribution in [-0.2, 0) is 19.4 Å². The molecule has 1 unspecified atom stereocenters. The van der Waals surface area contributed by atoms with E-state index in [9.17, 15) is 13.2 Å². The molecule has 0 bridgehead atoms. The first kappa shape index (κ1) is 16.8. The highest BCUT2D eigenvalue weighted by Crippen LogP contribution is 2.20. The van der Waals surface area contributed by atoms with Gasteiger partial charge in [-0.15, -0.1) is 0 Å². The highest BCUT2D eigenvalue weighted by Gasteiger charge is 2.28. The Morgan fingerprint density at radius 1 is 1.35 bits per heavy atom. The molecule has 0 saturated heterocycles. The second-order valence-corrected chi connectivity index (χ2v) is 9.30. The molecule has 0 radical (unpaired) electrons. The number of carbonyl (C=O) groups excluding carboxylic acids is 1. The molecule has 0 aliphatic rings. The number of methoxy groups -OCH3 is 1. The van der Waals surface area contributed by atoms with E-state index < -0.39 is 14.6 Å². The largest absolute Gasteiger partial charge is 0.469 e. The second-order valence-electron chi connectivity index (χ2n) is 4.89. The Morgan fingerprint density at radius 2 is 1.88 bits per heavy atom. The first-order valence-electron chi connectivity index (χ1n) is 5.51. The number of hydrogen-bond acceptors (Lipinski definition) is 5. The third kappa shape index (κ3) is 6.31. The standard InChI is InChI=1S/C11H22O4S2/c1-9(8-10(12)15-5)16-6-7-17(13,14)11(2,3)4/h9H,6-8H2,1-5H3. The Hall–Kier alpha value is -0.230. The van der Waals surface area contributed by atoms with Crippen LogP contribution >= 0.6 is 11.8 Å². The van der Waals surface area contributed by atoms with Gasteiger partial charge in [0.25, 0.3) is 0 Å². The van der Waals surface area contributed by atoms with Crippen molar-refractivity contribution in [3.8, 4) is 0 Å². The Bertz CT molecular complexity index is 341. The maximum absolute atomic E-state index is 11.8. The van der Waals surface area contributed by atoms with Crippen LogP contribution in [0, 0.1) is 0 Å². The van der Waals surface area contributed by atoms with E-state index in [2.05, 4.69) is 4.74 Å². The number of rotatable bonds is 6. The molecular weight excluding hydrogens is 260 g/mol. The molecule has 6 heteroatoms. The van der Waals surface area contributed by atoms with Gasteiger partial charge in [-0.3, -0.25) is 4.79 Å². The van der Waals surface area contributed by atoms with E-state index in [1.807, 2.05) is 6.92 Å². The minimum absolute atomic E-state index is 0.0811. The molecule has 0 saturated carbocycles. The van der Waals surface area contributed by atoms with E-state index in [1.165, 1.54) is 18.9 Å². The third-order valence-electron chi connectivity index (χ3n) is 2.37. The molecule has 102 valence electrons. The SMILES string of the molecule is COC(=O)CC(C)SCCS(=O)(=O)C(C)(C)C. The molecular formula is C11H22O4S2. The highest BCUT2D eigenvalue weighted by molar-refractivity contribution is 8.01. The molecule has 17 heavy (non-hydrogen) atoms. The maximum Gasteiger partial charge on any atom is 0.306 e. The topological polar surface area (TPSA) is 60.4 Å². The van der Waals surface area contributed by atoms with Gasteiger partial charge in [0.05, 0.1) is 24.0 Å². The van der Waals surface area contributed by atoms with Gasteiger partial charge in [-0.2, -0.15) is 11.8 Å². The minimum Gasteiger partial charge on any atom is -0.469 e. The molecule has 0 rings (SSSR count). The van der Waals surface area contributed by atoms with Gasteiger partial charge in [0.2, 0.25) is 0 Å². The van der Waals surface area contributed by atoms with Crippen LogP contribution in [0.4, 0.5) is 0 Å². The smallest absolute Gasteiger partial charge is 0.306 e. The van der Waals surface area contributed by atoms with E-state index in [1.54, 1.807) is 20.8 Å². The first-order chi connectivity index (χ1) is 7.60. The van der Waals surface area contributed by atoms with Gasteiger partial charge >= 0.3 is 5.97 Å². The van der Waals surface area contributed by atoms with Crippen molar-refractivity contribution >= 4 is 27.6 Å². The van der Waals surface area contributed by atoms with Gasteiger partial charge in [0.1, 0.15) is 0 Å². The van der Waals surface area contributed by atoms with E-state index in [0.29, 0.717) is 12.2 Å². The Labute approximate surface area is 108 Å². The summed E-state index contributed by atoms with van der Waals surface area (Å²) in [6, 6.07) is 0. The normalized spacial score (nSPS) is 14.4. The van der Waals surface area contributed by atoms with Crippen molar-refractivity contribution < 1.29 is 17.9 Å². The summed E-state index contributed by atoms with van der Waals surface area (Å²) in [4.78, 5) is 11.0. The summed E-state index contributed by atoms with van der Waals surface area (Å²) in [5, 5.41) is 0.0811. The molecule has 0 heterocycles. The van der Waals surface area contributed by atoms with Crippen molar-refractivity contribution in [1.29, 1.82) is 0 Å². The third-order valence-corrected chi connectivity index (χ3v) is 6.41. The van der Waals surface area contributed by atoms with Crippen molar-refractivity contribution in [2.75, 3.05) is 18.6 Å². The second kappa shape index (κ2) is 6.64. The van der Waals surface area contributed by atoms with Crippen molar-refractivity contribution in [3.63, 3.8) is 0 Å². The molecule has 0 aromatic rings. The van der Waals surface area contributed by atoms with Crippen LogP contribution in [0.2, 0.25) is 0 Å². The highest BCUT2D eigenvalue weighted by atomic mass is 32.2. The summed E-state index contributed by atoms with van der Waals surface area (Å²) in [5.41, 5.74) is 0. The van der Waals surface area contributed by atoms with Crippen LogP contribution in [-0.4, -0.2) is 43.0 Å². The van der Waals surface area contributed by atoms with E-state index in [4.69, 9.17) is 0 Å². The van der Waals surface area contributed by atoms with Crippen molar-refractivity contribution in [1.82, 2.24) is 0 Å². The van der Waals surface area contributed by atoms with Gasteiger partial charge in [-0.25, -0.2) is 8.42 Å². The summed E-state index contributed by atoms with van der Waals surface area (Å²) in [6.45, 7) is 6.99. The van der Waals surface area contributed by atoms with E-state index >= 15 is 0 Å². The van der Waals surface area contributed by atoms with Crippen molar-refractivity contribution in [2.45, 2.75) is 44.1 Å². The number of thioether (sulfide) groups is 1. The molecule has 1 atom stereocenters. The summed E-state index contributed by atoms with van der Waals surface area (Å²) in [6.07, 6.45) is 0.316. The fourth-order valence-electron chi connectivity index (χ4n) is 1.04. The van der Waals surface area contributed by atoms with Gasteiger partial charge < -0.3 is 4.74 Å². The molecule has 0 amide bonds. The first-order valence-corrected chi connectivity index (χ1v) is 8.21. The Kier molecular flexibility index (Phi) is 6.55. The number of carbonyl (C=O) groups is 1. The summed E-state index contributed by atoms with van der Waals surface area (Å²) < 4.78 is 27.5. The van der Waals surface area contributed by atoms with Crippen LogP contribution < -0.4 is 0 Å². The van der Waals surface area contributed by atoms with Crippen LogP contribution in [0.25, 0.3) is 0 Å². The molecule has 0 aromatic carbocycles. The summed E-state index contributed by atoms with van der Waals surface area (Å²) in [5.74, 6) is 0.397. The van der Waals surface area contributed by atoms with E-state index in [0.717, 1.165) is 0 Å². The fourth-order valence-corrected chi connectivity index (χ4v) is 3.57. The predicted molar refractivity (Wildman–Crippen MR) is 72.1 cm³/mol. The lowest BCUT2D eigenvalue weighted by molar-refractivity contribution is -0.140. The zero-order valence-electron chi connectivity index (χ0n) is 11.1. The molecule has 0 fully saturated rings. The molecule has 0 aliphatic carbocycles. The average Bonchev–Trinajstić information content (AvgIpc) is 2.15. The Balaban J connectivity index is 4.05. The van der Waals surface area contributed by atoms with Gasteiger partial charge in [0, 0.05) is 11.0 Å². The molecule has 0 N–H and O–H groups in total. The molecule has 0 aliphatic heterocycles. The zero-order chi connectivity index (χ0) is 13.7. The lowest BCUT2D eigenvalue weighted by Crippen LogP contribution is -2.31. The van der Waals surface area contributed by atoms with Gasteiger partial charge in [-0.05, 0) is 20.8 Å². The molecule has 0 aromatic heterocycles. The van der Waals surface area contributed by atoms with Gasteiger partial charge in [-0.1, -0.05) is 6.92 Å². The number of hydrogen-bond donors (Lipinski definition) is 0. The lowest BCUT2D eigenvalue weighted by Gasteiger charge is -2.19. The molecule has 4 nitrogen and oxygen atoms in total. The monoisotopic (exact) mass is 282 g/mol.